The fraction of sp³-hybridized carbons (Fsp3) is 0.0500. The van der Waals surface area contributed by atoms with Crippen LogP contribution in [-0.4, -0.2) is 9.38 Å². The fourth-order valence-corrected chi connectivity index (χ4v) is 2.92. The zero-order valence-electron chi connectivity index (χ0n) is 13.5. The summed E-state index contributed by atoms with van der Waals surface area (Å²) in [5, 5.41) is 0. The van der Waals surface area contributed by atoms with Gasteiger partial charge in [-0.25, -0.2) is 4.98 Å². The third-order valence-electron chi connectivity index (χ3n) is 4.24. The molecule has 2 heterocycles. The van der Waals surface area contributed by atoms with Gasteiger partial charge in [-0.15, -0.1) is 0 Å². The molecular formula is C20H14F3N3. The molecule has 0 amide bonds. The SMILES string of the molecule is Nc1cccc(-c2cnc3cc(-c4ccc(C(F)(F)F)cc4)ccn23)c1. The van der Waals surface area contributed by atoms with Crippen molar-refractivity contribution in [2.45, 2.75) is 6.18 Å². The van der Waals surface area contributed by atoms with E-state index >= 15 is 0 Å². The third kappa shape index (κ3) is 2.90. The highest BCUT2D eigenvalue weighted by molar-refractivity contribution is 5.72. The number of halogens is 3. The fourth-order valence-electron chi connectivity index (χ4n) is 2.92. The largest absolute Gasteiger partial charge is 0.416 e. The topological polar surface area (TPSA) is 43.3 Å². The van der Waals surface area contributed by atoms with Crippen LogP contribution >= 0.6 is 0 Å². The molecule has 2 aromatic carbocycles. The lowest BCUT2D eigenvalue weighted by molar-refractivity contribution is -0.137. The minimum absolute atomic E-state index is 0.660. The second-order valence-corrected chi connectivity index (χ2v) is 5.99. The number of hydrogen-bond acceptors (Lipinski definition) is 2. The first-order valence-corrected chi connectivity index (χ1v) is 7.92. The molecule has 4 rings (SSSR count). The number of nitrogen functional groups attached to an aromatic ring is 1. The van der Waals surface area contributed by atoms with Gasteiger partial charge >= 0.3 is 6.18 Å². The van der Waals surface area contributed by atoms with E-state index in [1.165, 1.54) is 12.1 Å². The lowest BCUT2D eigenvalue weighted by Gasteiger charge is -2.08. The normalized spacial score (nSPS) is 11.8. The number of imidazole rings is 1. The van der Waals surface area contributed by atoms with Crippen molar-refractivity contribution >= 4 is 11.3 Å². The van der Waals surface area contributed by atoms with Crippen LogP contribution in [-0.2, 0) is 6.18 Å². The van der Waals surface area contributed by atoms with E-state index in [0.29, 0.717) is 16.9 Å². The Balaban J connectivity index is 1.73. The van der Waals surface area contributed by atoms with Crippen molar-refractivity contribution in [1.29, 1.82) is 0 Å². The standard InChI is InChI=1S/C20H14F3N3/c21-20(22,23)16-6-4-13(5-7-16)14-8-9-26-18(12-25-19(26)11-14)15-2-1-3-17(24)10-15/h1-12H,24H2. The molecular weight excluding hydrogens is 339 g/mol. The Morgan fingerprint density at radius 3 is 2.31 bits per heavy atom. The van der Waals surface area contributed by atoms with Crippen LogP contribution in [0.1, 0.15) is 5.56 Å². The smallest absolute Gasteiger partial charge is 0.399 e. The molecule has 0 saturated carbocycles. The van der Waals surface area contributed by atoms with E-state index < -0.39 is 11.7 Å². The van der Waals surface area contributed by atoms with Gasteiger partial charge in [0.05, 0.1) is 17.5 Å². The molecule has 0 aliphatic heterocycles. The summed E-state index contributed by atoms with van der Waals surface area (Å²) in [5.41, 5.74) is 9.90. The number of pyridine rings is 1. The highest BCUT2D eigenvalue weighted by Gasteiger charge is 2.29. The minimum atomic E-state index is -4.34. The van der Waals surface area contributed by atoms with Crippen LogP contribution in [0.5, 0.6) is 0 Å². The number of alkyl halides is 3. The van der Waals surface area contributed by atoms with Crippen molar-refractivity contribution in [2.24, 2.45) is 0 Å². The molecule has 0 bridgehead atoms. The number of fused-ring (bicyclic) bond motifs is 1. The van der Waals surface area contributed by atoms with Gasteiger partial charge in [0.15, 0.2) is 0 Å². The van der Waals surface area contributed by atoms with Gasteiger partial charge in [-0.2, -0.15) is 13.2 Å². The molecule has 2 N–H and O–H groups in total. The van der Waals surface area contributed by atoms with Crippen molar-refractivity contribution < 1.29 is 13.2 Å². The Labute approximate surface area is 147 Å². The van der Waals surface area contributed by atoms with Gasteiger partial charge in [0.1, 0.15) is 5.65 Å². The number of nitrogens with zero attached hydrogens (tertiary/aromatic N) is 2. The molecule has 0 unspecified atom stereocenters. The van der Waals surface area contributed by atoms with Crippen LogP contribution in [0, 0.1) is 0 Å². The highest BCUT2D eigenvalue weighted by atomic mass is 19.4. The molecule has 2 aromatic heterocycles. The maximum Gasteiger partial charge on any atom is 0.416 e. The van der Waals surface area contributed by atoms with Gasteiger partial charge in [0.2, 0.25) is 0 Å². The predicted octanol–water partition coefficient (Wildman–Crippen LogP) is 5.27. The quantitative estimate of drug-likeness (QED) is 0.499. The average Bonchev–Trinajstić information content (AvgIpc) is 3.04. The molecule has 3 nitrogen and oxygen atoms in total. The molecule has 130 valence electrons. The van der Waals surface area contributed by atoms with Gasteiger partial charge in [-0.3, -0.25) is 4.40 Å². The van der Waals surface area contributed by atoms with E-state index in [2.05, 4.69) is 4.98 Å². The summed E-state index contributed by atoms with van der Waals surface area (Å²) < 4.78 is 40.0. The maximum atomic E-state index is 12.7. The van der Waals surface area contributed by atoms with Crippen LogP contribution in [0.4, 0.5) is 18.9 Å². The van der Waals surface area contributed by atoms with Gasteiger partial charge in [0, 0.05) is 17.4 Å². The lowest BCUT2D eigenvalue weighted by atomic mass is 10.0. The summed E-state index contributed by atoms with van der Waals surface area (Å²) in [7, 11) is 0. The van der Waals surface area contributed by atoms with E-state index in [1.807, 2.05) is 47.0 Å². The van der Waals surface area contributed by atoms with Crippen molar-refractivity contribution in [3.63, 3.8) is 0 Å². The first kappa shape index (κ1) is 16.2. The highest BCUT2D eigenvalue weighted by Crippen LogP contribution is 2.31. The average molecular weight is 353 g/mol. The number of anilines is 1. The molecule has 0 aliphatic rings. The Bertz CT molecular complexity index is 1080. The molecule has 0 saturated heterocycles. The summed E-state index contributed by atoms with van der Waals surface area (Å²) in [6, 6.07) is 16.3. The first-order chi connectivity index (χ1) is 12.4. The van der Waals surface area contributed by atoms with Crippen LogP contribution < -0.4 is 5.73 Å². The molecule has 0 spiro atoms. The molecule has 0 radical (unpaired) electrons. The van der Waals surface area contributed by atoms with E-state index in [4.69, 9.17) is 5.73 Å². The monoisotopic (exact) mass is 353 g/mol. The summed E-state index contributed by atoms with van der Waals surface area (Å²) in [4.78, 5) is 4.41. The maximum absolute atomic E-state index is 12.7. The van der Waals surface area contributed by atoms with E-state index in [9.17, 15) is 13.2 Å². The van der Waals surface area contributed by atoms with E-state index in [-0.39, 0.29) is 0 Å². The number of hydrogen-bond donors (Lipinski definition) is 1. The van der Waals surface area contributed by atoms with Crippen LogP contribution in [0.15, 0.2) is 73.1 Å². The van der Waals surface area contributed by atoms with Crippen molar-refractivity contribution in [1.82, 2.24) is 9.38 Å². The molecule has 0 fully saturated rings. The molecule has 0 aliphatic carbocycles. The number of nitrogens with two attached hydrogens (primary N) is 1. The van der Waals surface area contributed by atoms with Crippen molar-refractivity contribution in [2.75, 3.05) is 5.73 Å². The van der Waals surface area contributed by atoms with Gasteiger partial charge in [-0.05, 0) is 47.5 Å². The summed E-state index contributed by atoms with van der Waals surface area (Å²) in [5.74, 6) is 0. The van der Waals surface area contributed by atoms with E-state index in [1.54, 1.807) is 6.20 Å². The predicted molar refractivity (Wildman–Crippen MR) is 95.5 cm³/mol. The van der Waals surface area contributed by atoms with Gasteiger partial charge in [-0.1, -0.05) is 24.3 Å². The van der Waals surface area contributed by atoms with Crippen molar-refractivity contribution in [3.8, 4) is 22.4 Å². The number of benzene rings is 2. The lowest BCUT2D eigenvalue weighted by Crippen LogP contribution is -2.04. The third-order valence-corrected chi connectivity index (χ3v) is 4.24. The van der Waals surface area contributed by atoms with Crippen LogP contribution in [0.2, 0.25) is 0 Å². The number of rotatable bonds is 2. The summed E-state index contributed by atoms with van der Waals surface area (Å²) in [6.07, 6.45) is -0.730. The molecule has 4 aromatic rings. The Morgan fingerprint density at radius 2 is 1.62 bits per heavy atom. The van der Waals surface area contributed by atoms with Gasteiger partial charge in [0.25, 0.3) is 0 Å². The zero-order valence-corrected chi connectivity index (χ0v) is 13.5. The summed E-state index contributed by atoms with van der Waals surface area (Å²) in [6.45, 7) is 0. The molecule has 0 atom stereocenters. The second kappa shape index (κ2) is 5.91. The second-order valence-electron chi connectivity index (χ2n) is 5.99. The minimum Gasteiger partial charge on any atom is -0.399 e. The molecule has 6 heteroatoms. The molecule has 26 heavy (non-hydrogen) atoms. The van der Waals surface area contributed by atoms with E-state index in [0.717, 1.165) is 29.0 Å². The Morgan fingerprint density at radius 1 is 0.846 bits per heavy atom. The van der Waals surface area contributed by atoms with Crippen LogP contribution in [0.3, 0.4) is 0 Å². The number of aromatic nitrogens is 2. The Hall–Kier alpha value is -3.28. The van der Waals surface area contributed by atoms with Gasteiger partial charge < -0.3 is 5.73 Å². The summed E-state index contributed by atoms with van der Waals surface area (Å²) >= 11 is 0. The zero-order chi connectivity index (χ0) is 18.3. The van der Waals surface area contributed by atoms with Crippen LogP contribution in [0.25, 0.3) is 28.0 Å². The first-order valence-electron chi connectivity index (χ1n) is 7.92. The van der Waals surface area contributed by atoms with Crippen molar-refractivity contribution in [3.05, 3.63) is 78.6 Å². The Kier molecular flexibility index (Phi) is 3.68.